The number of aryl methyl sites for hydroxylation is 1. The van der Waals surface area contributed by atoms with Crippen LogP contribution in [0.25, 0.3) is 0 Å². The summed E-state index contributed by atoms with van der Waals surface area (Å²) in [6.07, 6.45) is 29.1. The van der Waals surface area contributed by atoms with E-state index in [4.69, 9.17) is 4.74 Å². The summed E-state index contributed by atoms with van der Waals surface area (Å²) in [5, 5.41) is 2.17. The molecular weight excluding hydrogens is 523 g/mol. The van der Waals surface area contributed by atoms with Crippen LogP contribution in [0.5, 0.6) is 0 Å². The molecule has 0 spiro atoms. The first-order chi connectivity index (χ1) is 20.5. The minimum atomic E-state index is -0.167. The zero-order valence-corrected chi connectivity index (χ0v) is 26.3. The van der Waals surface area contributed by atoms with Crippen molar-refractivity contribution < 1.29 is 19.2 Å². The first-order valence-electron chi connectivity index (χ1n) is 15.6. The number of rotatable bonds is 5. The summed E-state index contributed by atoms with van der Waals surface area (Å²) in [5.41, 5.74) is 2.66. The smallest absolute Gasteiger partial charge is 0.232 e. The maximum absolute atomic E-state index is 15.0. The van der Waals surface area contributed by atoms with Crippen LogP contribution in [0.4, 0.5) is 4.39 Å². The highest BCUT2D eigenvalue weighted by atomic mass is 19.1. The summed E-state index contributed by atoms with van der Waals surface area (Å²) < 4.78 is 20.4. The van der Waals surface area contributed by atoms with Crippen molar-refractivity contribution in [3.63, 3.8) is 0 Å². The molecule has 2 heterocycles. The van der Waals surface area contributed by atoms with Gasteiger partial charge < -0.3 is 15.0 Å². The topological polar surface area (TPSA) is 46.1 Å². The first-order valence-corrected chi connectivity index (χ1v) is 15.6. The molecule has 5 rings (SSSR count). The molecule has 2 N–H and O–H groups in total. The van der Waals surface area contributed by atoms with Gasteiger partial charge in [0.2, 0.25) is 5.91 Å². The second-order valence-electron chi connectivity index (χ2n) is 11.2. The number of hydrogen-bond donors (Lipinski definition) is 1. The number of carbonyl (C=O) groups excluding carboxylic acids is 1. The van der Waals surface area contributed by atoms with Crippen LogP contribution >= 0.6 is 0 Å². The van der Waals surface area contributed by atoms with Gasteiger partial charge in [0.15, 0.2) is 0 Å². The van der Waals surface area contributed by atoms with Crippen LogP contribution in [-0.2, 0) is 16.0 Å². The van der Waals surface area contributed by atoms with Crippen LogP contribution in [0.2, 0.25) is 0 Å². The number of amides is 1. The number of quaternary nitrogens is 1. The monoisotopic (exact) mass is 577 g/mol. The molecule has 230 valence electrons. The Kier molecular flexibility index (Phi) is 19.7. The molecule has 2 aliphatic heterocycles. The van der Waals surface area contributed by atoms with Crippen molar-refractivity contribution in [3.8, 4) is 25.7 Å². The van der Waals surface area contributed by atoms with E-state index in [0.717, 1.165) is 55.7 Å². The van der Waals surface area contributed by atoms with E-state index in [1.54, 1.807) is 13.2 Å². The van der Waals surface area contributed by atoms with Gasteiger partial charge in [-0.05, 0) is 56.7 Å². The Morgan fingerprint density at radius 2 is 1.36 bits per heavy atom. The minimum absolute atomic E-state index is 0.0246. The van der Waals surface area contributed by atoms with E-state index >= 15 is 4.39 Å². The largest absolute Gasteiger partial charge is 0.381 e. The van der Waals surface area contributed by atoms with Gasteiger partial charge in [-0.1, -0.05) is 81.0 Å². The summed E-state index contributed by atoms with van der Waals surface area (Å²) in [4.78, 5) is 15.1. The van der Waals surface area contributed by atoms with Gasteiger partial charge in [-0.3, -0.25) is 4.79 Å². The fourth-order valence-electron chi connectivity index (χ4n) is 5.97. The van der Waals surface area contributed by atoms with Gasteiger partial charge in [-0.15, -0.1) is 25.7 Å². The Bertz CT molecular complexity index is 982. The molecule has 2 aromatic rings. The maximum Gasteiger partial charge on any atom is 0.232 e. The lowest BCUT2D eigenvalue weighted by atomic mass is 9.82. The number of terminal acetylenes is 2. The van der Waals surface area contributed by atoms with E-state index in [-0.39, 0.29) is 29.7 Å². The van der Waals surface area contributed by atoms with Gasteiger partial charge in [0.25, 0.3) is 0 Å². The number of benzene rings is 2. The average molecular weight is 578 g/mol. The minimum Gasteiger partial charge on any atom is -0.381 e. The van der Waals surface area contributed by atoms with Crippen molar-refractivity contribution >= 4 is 5.91 Å². The van der Waals surface area contributed by atoms with Crippen LogP contribution in [-0.4, -0.2) is 50.2 Å². The Morgan fingerprint density at radius 3 is 1.83 bits per heavy atom. The van der Waals surface area contributed by atoms with E-state index in [9.17, 15) is 4.79 Å². The molecule has 0 bridgehead atoms. The van der Waals surface area contributed by atoms with Crippen LogP contribution in [0.3, 0.4) is 0 Å². The number of carbonyl (C=O) groups is 1. The molecule has 0 radical (unpaired) electrons. The van der Waals surface area contributed by atoms with Gasteiger partial charge in [0.05, 0.1) is 31.0 Å². The van der Waals surface area contributed by atoms with Crippen molar-refractivity contribution in [1.29, 1.82) is 0 Å². The van der Waals surface area contributed by atoms with Gasteiger partial charge in [-0.2, -0.15) is 0 Å². The van der Waals surface area contributed by atoms with Crippen LogP contribution in [0, 0.1) is 44.4 Å². The molecule has 1 saturated carbocycles. The highest BCUT2D eigenvalue weighted by Crippen LogP contribution is 2.34. The van der Waals surface area contributed by atoms with Crippen molar-refractivity contribution in [2.24, 2.45) is 5.92 Å². The number of halogens is 1. The third-order valence-electron chi connectivity index (χ3n) is 8.12. The summed E-state index contributed by atoms with van der Waals surface area (Å²) in [6, 6.07) is 15.7. The molecule has 2 saturated heterocycles. The predicted octanol–water partition coefficient (Wildman–Crippen LogP) is 6.53. The number of piperidine rings is 1. The van der Waals surface area contributed by atoms with E-state index < -0.39 is 0 Å². The van der Waals surface area contributed by atoms with Crippen LogP contribution in [0.1, 0.15) is 87.3 Å². The number of nitrogens with zero attached hydrogens (tertiary/aromatic N) is 1. The summed E-state index contributed by atoms with van der Waals surface area (Å²) >= 11 is 0. The molecule has 1 aliphatic carbocycles. The summed E-state index contributed by atoms with van der Waals surface area (Å²) in [7, 11) is 1.68. The Morgan fingerprint density at radius 1 is 0.881 bits per heavy atom. The summed E-state index contributed by atoms with van der Waals surface area (Å²) in [6.45, 7) is 7.16. The Hall–Kier alpha value is -3.12. The zero-order valence-electron chi connectivity index (χ0n) is 26.3. The number of hydrogen-bond acceptors (Lipinski definition) is 2. The lowest BCUT2D eigenvalue weighted by Crippen LogP contribution is -2.81. The fraction of sp³-hybridized carbons (Fsp3) is 0.541. The number of ether oxygens (including phenoxy) is 1. The molecule has 2 unspecified atom stereocenters. The predicted molar refractivity (Wildman–Crippen MR) is 174 cm³/mol. The van der Waals surface area contributed by atoms with Gasteiger partial charge >= 0.3 is 0 Å². The second kappa shape index (κ2) is 22.5. The third-order valence-corrected chi connectivity index (χ3v) is 8.12. The zero-order chi connectivity index (χ0) is 31.2. The van der Waals surface area contributed by atoms with Gasteiger partial charge in [0, 0.05) is 25.8 Å². The standard InChI is InChI=1S/C21H31FN2O2.C6H12.C6H6.2C2H2/c1-14-9-16(11-15(2)26-3)20(19(22)10-14)17-12-23-13-18(17)21(25)24-7-5-4-6-8-24;2*1-2-4-6-5-3-1;2*1-2/h9-10,15,17-18,23H,4-8,11-13H2,1-3H3;1-6H2;1-6H;2*1-2H/p+1/t15?,17-,18?;;;;/m1..../s1. The molecule has 0 aromatic heterocycles. The van der Waals surface area contributed by atoms with Crippen molar-refractivity contribution in [3.05, 3.63) is 71.0 Å². The maximum atomic E-state index is 15.0. The van der Waals surface area contributed by atoms with E-state index in [1.807, 2.05) is 55.1 Å². The van der Waals surface area contributed by atoms with Crippen LogP contribution < -0.4 is 5.32 Å². The lowest BCUT2D eigenvalue weighted by Gasteiger charge is -2.30. The van der Waals surface area contributed by atoms with E-state index in [2.05, 4.69) is 37.1 Å². The summed E-state index contributed by atoms with van der Waals surface area (Å²) in [5.74, 6) is -0.125. The molecule has 5 heteroatoms. The van der Waals surface area contributed by atoms with E-state index in [1.165, 1.54) is 44.9 Å². The van der Waals surface area contributed by atoms with Crippen LogP contribution in [0.15, 0.2) is 48.5 Å². The van der Waals surface area contributed by atoms with Gasteiger partial charge in [0.1, 0.15) is 5.82 Å². The quantitative estimate of drug-likeness (QED) is 0.411. The van der Waals surface area contributed by atoms with Gasteiger partial charge in [-0.25, -0.2) is 4.39 Å². The van der Waals surface area contributed by atoms with E-state index in [0.29, 0.717) is 6.42 Å². The number of methoxy groups -OCH3 is 1. The van der Waals surface area contributed by atoms with Crippen molar-refractivity contribution in [2.75, 3.05) is 33.3 Å². The SMILES string of the molecule is C#C.C#C.C1CCCCC1.COC(C)Cc1cc(C)cc(F)c1[C@@H]1C[NH2+]CC1C(=O)N1CCCCC1.c1ccccc1. The van der Waals surface area contributed by atoms with Crippen molar-refractivity contribution in [2.45, 2.75) is 90.1 Å². The average Bonchev–Trinajstić information content (AvgIpc) is 3.54. The second-order valence-corrected chi connectivity index (χ2v) is 11.2. The normalized spacial score (nSPS) is 20.0. The molecule has 3 atom stereocenters. The Labute approximate surface area is 255 Å². The fourth-order valence-corrected chi connectivity index (χ4v) is 5.97. The van der Waals surface area contributed by atoms with Crippen molar-refractivity contribution in [1.82, 2.24) is 4.90 Å². The highest BCUT2D eigenvalue weighted by molar-refractivity contribution is 5.80. The third kappa shape index (κ3) is 12.8. The molecule has 1 amide bonds. The molecule has 3 aliphatic rings. The molecule has 42 heavy (non-hydrogen) atoms. The Balaban J connectivity index is 0.000000448. The highest BCUT2D eigenvalue weighted by Gasteiger charge is 2.42. The molecular formula is C37H54FN2O2+. The number of nitrogens with two attached hydrogens (primary N) is 1. The first kappa shape index (κ1) is 36.9. The molecule has 2 aromatic carbocycles. The number of likely N-dealkylation sites (tertiary alicyclic amines) is 1. The molecule has 4 nitrogen and oxygen atoms in total. The lowest BCUT2D eigenvalue weighted by molar-refractivity contribution is -0.638. The molecule has 3 fully saturated rings.